The van der Waals surface area contributed by atoms with Gasteiger partial charge in [-0.3, -0.25) is 4.79 Å². The van der Waals surface area contributed by atoms with Gasteiger partial charge in [0.1, 0.15) is 0 Å². The molecule has 5 heteroatoms. The van der Waals surface area contributed by atoms with Gasteiger partial charge in [0.2, 0.25) is 0 Å². The van der Waals surface area contributed by atoms with Gasteiger partial charge in [-0.05, 0) is 6.42 Å². The standard InChI is InChI=1S/C6H10O4.CH4O/c1-2-3-6(9)10-4-5(7)8;1-2/h2-4H2,1H3,(H,7,8);2H,1H3. The number of aliphatic hydroxyl groups excluding tert-OH is 1. The summed E-state index contributed by atoms with van der Waals surface area (Å²) in [5.41, 5.74) is 0. The van der Waals surface area contributed by atoms with Crippen LogP contribution in [0.25, 0.3) is 0 Å². The number of ether oxygens (including phenoxy) is 1. The molecule has 0 spiro atoms. The van der Waals surface area contributed by atoms with Gasteiger partial charge in [0, 0.05) is 13.5 Å². The molecule has 0 fully saturated rings. The molecule has 2 N–H and O–H groups in total. The van der Waals surface area contributed by atoms with E-state index in [1.807, 2.05) is 6.92 Å². The molecule has 0 amide bonds. The zero-order valence-corrected chi connectivity index (χ0v) is 7.24. The minimum Gasteiger partial charge on any atom is -0.479 e. The quantitative estimate of drug-likeness (QED) is 0.593. The van der Waals surface area contributed by atoms with Crippen LogP contribution in [0, 0.1) is 0 Å². The second kappa shape index (κ2) is 9.90. The molecule has 0 rings (SSSR count). The van der Waals surface area contributed by atoms with Crippen molar-refractivity contribution in [1.82, 2.24) is 0 Å². The number of carboxylic acids is 1. The fourth-order valence-electron chi connectivity index (χ4n) is 0.419. The van der Waals surface area contributed by atoms with Gasteiger partial charge in [-0.15, -0.1) is 0 Å². The lowest BCUT2D eigenvalue weighted by atomic mass is 10.3. The highest BCUT2D eigenvalue weighted by atomic mass is 16.5. The average molecular weight is 178 g/mol. The molecule has 0 aromatic carbocycles. The number of carbonyl (C=O) groups is 2. The van der Waals surface area contributed by atoms with Crippen LogP contribution in [0.5, 0.6) is 0 Å². The normalized spacial score (nSPS) is 7.92. The van der Waals surface area contributed by atoms with E-state index in [-0.39, 0.29) is 6.42 Å². The van der Waals surface area contributed by atoms with Crippen LogP contribution in [0.2, 0.25) is 0 Å². The number of aliphatic hydroxyl groups is 1. The molecule has 0 bridgehead atoms. The van der Waals surface area contributed by atoms with Gasteiger partial charge in [-0.2, -0.15) is 0 Å². The molecule has 72 valence electrons. The van der Waals surface area contributed by atoms with E-state index in [1.54, 1.807) is 0 Å². The van der Waals surface area contributed by atoms with Crippen molar-refractivity contribution in [2.75, 3.05) is 13.7 Å². The summed E-state index contributed by atoms with van der Waals surface area (Å²) in [6, 6.07) is 0. The molecule has 0 radical (unpaired) electrons. The maximum absolute atomic E-state index is 10.5. The molecule has 5 nitrogen and oxygen atoms in total. The number of carbonyl (C=O) groups excluding carboxylic acids is 1. The van der Waals surface area contributed by atoms with Crippen molar-refractivity contribution in [2.45, 2.75) is 19.8 Å². The van der Waals surface area contributed by atoms with Crippen LogP contribution < -0.4 is 0 Å². The van der Waals surface area contributed by atoms with E-state index in [0.717, 1.165) is 7.11 Å². The predicted molar refractivity (Wildman–Crippen MR) is 41.6 cm³/mol. The van der Waals surface area contributed by atoms with Gasteiger partial charge >= 0.3 is 11.9 Å². The molecule has 0 heterocycles. The van der Waals surface area contributed by atoms with E-state index in [1.165, 1.54) is 0 Å². The van der Waals surface area contributed by atoms with E-state index >= 15 is 0 Å². The van der Waals surface area contributed by atoms with E-state index < -0.39 is 18.5 Å². The molecule has 0 aliphatic carbocycles. The van der Waals surface area contributed by atoms with Crippen molar-refractivity contribution in [1.29, 1.82) is 0 Å². The van der Waals surface area contributed by atoms with Crippen LogP contribution in [0.1, 0.15) is 19.8 Å². The number of aliphatic carboxylic acids is 1. The Balaban J connectivity index is 0. The topological polar surface area (TPSA) is 83.8 Å². The summed E-state index contributed by atoms with van der Waals surface area (Å²) >= 11 is 0. The van der Waals surface area contributed by atoms with Gasteiger partial charge < -0.3 is 14.9 Å². The molecule has 0 saturated carbocycles. The number of carboxylic acid groups (broad SMARTS) is 1. The molecule has 0 aliphatic heterocycles. The minimum absolute atomic E-state index is 0.285. The first kappa shape index (κ1) is 13.5. The Hall–Kier alpha value is -1.10. The first-order valence-electron chi connectivity index (χ1n) is 3.49. The lowest BCUT2D eigenvalue weighted by Gasteiger charge is -1.97. The fourth-order valence-corrected chi connectivity index (χ4v) is 0.419. The van der Waals surface area contributed by atoms with E-state index in [0.29, 0.717) is 6.42 Å². The fraction of sp³-hybridized carbons (Fsp3) is 0.714. The maximum atomic E-state index is 10.5. The Labute approximate surface area is 71.0 Å². The summed E-state index contributed by atoms with van der Waals surface area (Å²) in [6.07, 6.45) is 0.964. The molecule has 0 unspecified atom stereocenters. The predicted octanol–water partition coefficient (Wildman–Crippen LogP) is 0.0228. The van der Waals surface area contributed by atoms with E-state index in [9.17, 15) is 9.59 Å². The van der Waals surface area contributed by atoms with Crippen molar-refractivity contribution in [3.63, 3.8) is 0 Å². The Morgan fingerprint density at radius 3 is 2.17 bits per heavy atom. The summed E-state index contributed by atoms with van der Waals surface area (Å²) in [4.78, 5) is 20.3. The molecule has 0 aromatic heterocycles. The molecule has 0 aliphatic rings. The van der Waals surface area contributed by atoms with Crippen LogP contribution in [0.4, 0.5) is 0 Å². The van der Waals surface area contributed by atoms with Crippen LogP contribution in [0.15, 0.2) is 0 Å². The summed E-state index contributed by atoms with van der Waals surface area (Å²) in [5, 5.41) is 15.1. The lowest BCUT2D eigenvalue weighted by molar-refractivity contribution is -0.155. The molecular weight excluding hydrogens is 164 g/mol. The Morgan fingerprint density at radius 1 is 1.33 bits per heavy atom. The second-order valence-electron chi connectivity index (χ2n) is 1.80. The van der Waals surface area contributed by atoms with Gasteiger partial charge in [0.25, 0.3) is 0 Å². The van der Waals surface area contributed by atoms with E-state index in [2.05, 4.69) is 4.74 Å². The molecular formula is C7H14O5. The second-order valence-corrected chi connectivity index (χ2v) is 1.80. The lowest BCUT2D eigenvalue weighted by Crippen LogP contribution is -2.12. The highest BCUT2D eigenvalue weighted by Crippen LogP contribution is 1.89. The van der Waals surface area contributed by atoms with Crippen molar-refractivity contribution in [2.24, 2.45) is 0 Å². The number of rotatable bonds is 4. The van der Waals surface area contributed by atoms with E-state index in [4.69, 9.17) is 10.2 Å². The zero-order chi connectivity index (χ0) is 9.98. The Morgan fingerprint density at radius 2 is 1.83 bits per heavy atom. The SMILES string of the molecule is CCCC(=O)OCC(=O)O.CO. The minimum atomic E-state index is -1.12. The van der Waals surface area contributed by atoms with Gasteiger partial charge in [-0.1, -0.05) is 6.92 Å². The zero-order valence-electron chi connectivity index (χ0n) is 7.24. The van der Waals surface area contributed by atoms with Crippen LogP contribution >= 0.6 is 0 Å². The maximum Gasteiger partial charge on any atom is 0.341 e. The van der Waals surface area contributed by atoms with Gasteiger partial charge in [0.05, 0.1) is 0 Å². The van der Waals surface area contributed by atoms with Crippen LogP contribution in [-0.4, -0.2) is 35.9 Å². The number of hydrogen-bond acceptors (Lipinski definition) is 4. The Bertz CT molecular complexity index is 132. The summed E-state index contributed by atoms with van der Waals surface area (Å²) in [6.45, 7) is 1.29. The van der Waals surface area contributed by atoms with Crippen molar-refractivity contribution in [3.05, 3.63) is 0 Å². The van der Waals surface area contributed by atoms with Gasteiger partial charge in [0.15, 0.2) is 6.61 Å². The smallest absolute Gasteiger partial charge is 0.341 e. The first-order chi connectivity index (χ1) is 5.66. The highest BCUT2D eigenvalue weighted by Gasteiger charge is 2.02. The summed E-state index contributed by atoms with van der Waals surface area (Å²) in [7, 11) is 1.00. The van der Waals surface area contributed by atoms with Gasteiger partial charge in [-0.25, -0.2) is 4.79 Å². The monoisotopic (exact) mass is 178 g/mol. The third-order valence-electron chi connectivity index (χ3n) is 0.811. The third kappa shape index (κ3) is 11.7. The van der Waals surface area contributed by atoms with Crippen molar-refractivity contribution < 1.29 is 24.5 Å². The molecule has 0 aromatic rings. The molecule has 12 heavy (non-hydrogen) atoms. The third-order valence-corrected chi connectivity index (χ3v) is 0.811. The van der Waals surface area contributed by atoms with Crippen molar-refractivity contribution >= 4 is 11.9 Å². The first-order valence-corrected chi connectivity index (χ1v) is 3.49. The summed E-state index contributed by atoms with van der Waals surface area (Å²) in [5.74, 6) is -1.57. The average Bonchev–Trinajstić information content (AvgIpc) is 2.05. The number of hydrogen-bond donors (Lipinski definition) is 2. The Kier molecular flexibility index (Phi) is 11.1. The number of esters is 1. The highest BCUT2D eigenvalue weighted by molar-refractivity contribution is 5.74. The summed E-state index contributed by atoms with van der Waals surface area (Å²) < 4.78 is 4.31. The largest absolute Gasteiger partial charge is 0.479 e. The molecule has 0 atom stereocenters. The van der Waals surface area contributed by atoms with Crippen molar-refractivity contribution in [3.8, 4) is 0 Å². The van der Waals surface area contributed by atoms with Crippen LogP contribution in [-0.2, 0) is 14.3 Å². The molecule has 0 saturated heterocycles. The van der Waals surface area contributed by atoms with Crippen LogP contribution in [0.3, 0.4) is 0 Å².